The lowest BCUT2D eigenvalue weighted by Crippen LogP contribution is -2.36. The van der Waals surface area contributed by atoms with Gasteiger partial charge in [0.1, 0.15) is 11.5 Å². The maximum absolute atomic E-state index is 10.7. The fraction of sp³-hybridized carbons (Fsp3) is 0.167. The third kappa shape index (κ3) is 2.79. The number of carbonyl (C=O) groups is 2. The van der Waals surface area contributed by atoms with E-state index in [-0.39, 0.29) is 17.1 Å². The molecule has 0 N–H and O–H groups in total. The number of rotatable bonds is 5. The van der Waals surface area contributed by atoms with Crippen LogP contribution in [0.4, 0.5) is 0 Å². The molecule has 0 radical (unpaired) electrons. The summed E-state index contributed by atoms with van der Waals surface area (Å²) in [4.78, 5) is 21.3. The van der Waals surface area contributed by atoms with Gasteiger partial charge in [-0.1, -0.05) is 6.07 Å². The molecule has 1 aromatic rings. The van der Waals surface area contributed by atoms with Crippen LogP contribution in [0.25, 0.3) is 6.08 Å². The first-order valence-electron chi connectivity index (χ1n) is 4.86. The van der Waals surface area contributed by atoms with Gasteiger partial charge in [-0.05, 0) is 18.2 Å². The predicted molar refractivity (Wildman–Crippen MR) is 57.5 cm³/mol. The van der Waals surface area contributed by atoms with E-state index in [1.807, 2.05) is 0 Å². The highest BCUT2D eigenvalue weighted by Gasteiger charge is 2.09. The number of hydrogen-bond donors (Lipinski definition) is 0. The van der Waals surface area contributed by atoms with E-state index in [1.165, 1.54) is 26.4 Å². The van der Waals surface area contributed by atoms with Gasteiger partial charge in [0, 0.05) is 5.57 Å². The van der Waals surface area contributed by atoms with Gasteiger partial charge in [-0.15, -0.1) is 0 Å². The second-order valence-electron chi connectivity index (χ2n) is 3.21. The lowest BCUT2D eigenvalue weighted by Gasteiger charge is -2.13. The number of aliphatic carboxylic acids is 2. The molecule has 0 aliphatic rings. The summed E-state index contributed by atoms with van der Waals surface area (Å²) in [5.41, 5.74) is -0.802. The second kappa shape index (κ2) is 5.72. The van der Waals surface area contributed by atoms with Gasteiger partial charge in [0.15, 0.2) is 0 Å². The van der Waals surface area contributed by atoms with E-state index < -0.39 is 17.5 Å². The zero-order valence-electron chi connectivity index (χ0n) is 9.76. The smallest absolute Gasteiger partial charge is 0.129 e. The molecule has 0 spiro atoms. The highest BCUT2D eigenvalue weighted by atomic mass is 16.5. The molecule has 1 rings (SSSR count). The van der Waals surface area contributed by atoms with Crippen LogP contribution in [0.3, 0.4) is 0 Å². The minimum absolute atomic E-state index is 0.186. The number of benzene rings is 1. The van der Waals surface area contributed by atoms with Gasteiger partial charge in [0.2, 0.25) is 0 Å². The molecule has 0 aliphatic carbocycles. The molecular formula is C12H10O6-2. The third-order valence-corrected chi connectivity index (χ3v) is 2.19. The van der Waals surface area contributed by atoms with Crippen molar-refractivity contribution in [2.75, 3.05) is 14.2 Å². The first-order valence-corrected chi connectivity index (χ1v) is 4.86. The summed E-state index contributed by atoms with van der Waals surface area (Å²) < 4.78 is 9.99. The zero-order chi connectivity index (χ0) is 13.7. The molecule has 0 saturated heterocycles. The van der Waals surface area contributed by atoms with E-state index in [2.05, 4.69) is 0 Å². The Labute approximate surface area is 103 Å². The van der Waals surface area contributed by atoms with Crippen molar-refractivity contribution in [3.63, 3.8) is 0 Å². The maximum Gasteiger partial charge on any atom is 0.129 e. The molecule has 6 heteroatoms. The average Bonchev–Trinajstić information content (AvgIpc) is 2.34. The van der Waals surface area contributed by atoms with Crippen LogP contribution in [0.5, 0.6) is 11.5 Å². The largest absolute Gasteiger partial charge is 0.545 e. The van der Waals surface area contributed by atoms with E-state index in [0.717, 1.165) is 6.08 Å². The van der Waals surface area contributed by atoms with Crippen molar-refractivity contribution in [1.29, 1.82) is 0 Å². The molecule has 0 aliphatic heterocycles. The van der Waals surface area contributed by atoms with Gasteiger partial charge in [0.25, 0.3) is 0 Å². The molecule has 96 valence electrons. The van der Waals surface area contributed by atoms with Crippen molar-refractivity contribution in [3.8, 4) is 11.5 Å². The molecule has 0 heterocycles. The van der Waals surface area contributed by atoms with Gasteiger partial charge in [-0.3, -0.25) is 0 Å². The summed E-state index contributed by atoms with van der Waals surface area (Å²) in [7, 11) is 2.73. The standard InChI is InChI=1S/C12H12O6/c1-17-9-4-3-5-10(18-2)7(9)6-8(11(13)14)12(15)16/h3-6H,1-2H3,(H,13,14)(H,15,16)/p-2. The van der Waals surface area contributed by atoms with Crippen LogP contribution in [-0.4, -0.2) is 26.2 Å². The fourth-order valence-electron chi connectivity index (χ4n) is 1.37. The van der Waals surface area contributed by atoms with Crippen molar-refractivity contribution >= 4 is 18.0 Å². The summed E-state index contributed by atoms with van der Waals surface area (Å²) in [5.74, 6) is -3.14. The number of hydrogen-bond acceptors (Lipinski definition) is 6. The van der Waals surface area contributed by atoms with Gasteiger partial charge in [-0.25, -0.2) is 0 Å². The van der Waals surface area contributed by atoms with E-state index >= 15 is 0 Å². The highest BCUT2D eigenvalue weighted by Crippen LogP contribution is 2.30. The van der Waals surface area contributed by atoms with E-state index in [4.69, 9.17) is 9.47 Å². The minimum atomic E-state index is -1.84. The van der Waals surface area contributed by atoms with Crippen LogP contribution < -0.4 is 19.7 Å². The highest BCUT2D eigenvalue weighted by molar-refractivity contribution is 6.15. The first-order chi connectivity index (χ1) is 8.51. The summed E-state index contributed by atoms with van der Waals surface area (Å²) in [6.45, 7) is 0. The van der Waals surface area contributed by atoms with Crippen molar-refractivity contribution in [3.05, 3.63) is 29.3 Å². The SMILES string of the molecule is COc1cccc(OC)c1C=C(C(=O)[O-])C(=O)[O-]. The molecule has 0 atom stereocenters. The summed E-state index contributed by atoms with van der Waals surface area (Å²) in [6, 6.07) is 4.69. The quantitative estimate of drug-likeness (QED) is 0.361. The lowest BCUT2D eigenvalue weighted by atomic mass is 10.1. The minimum Gasteiger partial charge on any atom is -0.545 e. The summed E-state index contributed by atoms with van der Waals surface area (Å²) >= 11 is 0. The molecule has 0 amide bonds. The molecule has 0 saturated carbocycles. The lowest BCUT2D eigenvalue weighted by molar-refractivity contribution is -0.311. The normalized spacial score (nSPS) is 9.44. The van der Waals surface area contributed by atoms with E-state index in [9.17, 15) is 19.8 Å². The maximum atomic E-state index is 10.7. The van der Waals surface area contributed by atoms with Crippen molar-refractivity contribution in [1.82, 2.24) is 0 Å². The Bertz CT molecular complexity index is 465. The molecule has 6 nitrogen and oxygen atoms in total. The summed E-state index contributed by atoms with van der Waals surface area (Å²) in [5, 5.41) is 21.3. The molecule has 0 fully saturated rings. The van der Waals surface area contributed by atoms with E-state index in [1.54, 1.807) is 6.07 Å². The van der Waals surface area contributed by atoms with Gasteiger partial charge >= 0.3 is 0 Å². The number of carbonyl (C=O) groups excluding carboxylic acids is 2. The van der Waals surface area contributed by atoms with Gasteiger partial charge in [0.05, 0.1) is 31.7 Å². The zero-order valence-corrected chi connectivity index (χ0v) is 9.76. The number of ether oxygens (including phenoxy) is 2. The molecular weight excluding hydrogens is 240 g/mol. The Kier molecular flexibility index (Phi) is 4.31. The Morgan fingerprint density at radius 1 is 1.06 bits per heavy atom. The topological polar surface area (TPSA) is 98.7 Å². The second-order valence-corrected chi connectivity index (χ2v) is 3.21. The van der Waals surface area contributed by atoms with Crippen molar-refractivity contribution in [2.45, 2.75) is 0 Å². The van der Waals surface area contributed by atoms with Crippen LogP contribution in [0, 0.1) is 0 Å². The Morgan fingerprint density at radius 3 is 1.83 bits per heavy atom. The molecule has 0 aromatic heterocycles. The monoisotopic (exact) mass is 250 g/mol. The number of carboxylic acid groups (broad SMARTS) is 2. The fourth-order valence-corrected chi connectivity index (χ4v) is 1.37. The van der Waals surface area contributed by atoms with Crippen molar-refractivity contribution in [2.24, 2.45) is 0 Å². The average molecular weight is 250 g/mol. The van der Waals surface area contributed by atoms with Crippen LogP contribution in [-0.2, 0) is 9.59 Å². The Hall–Kier alpha value is -2.50. The first kappa shape index (κ1) is 13.6. The third-order valence-electron chi connectivity index (χ3n) is 2.19. The van der Waals surface area contributed by atoms with Crippen LogP contribution in [0.2, 0.25) is 0 Å². The molecule has 0 unspecified atom stereocenters. The molecule has 18 heavy (non-hydrogen) atoms. The Balaban J connectivity index is 3.43. The van der Waals surface area contributed by atoms with Gasteiger partial charge in [-0.2, -0.15) is 0 Å². The van der Waals surface area contributed by atoms with Crippen molar-refractivity contribution < 1.29 is 29.3 Å². The summed E-state index contributed by atoms with van der Waals surface area (Å²) in [6.07, 6.45) is 0.877. The van der Waals surface area contributed by atoms with E-state index in [0.29, 0.717) is 0 Å². The Morgan fingerprint density at radius 2 is 1.50 bits per heavy atom. The molecule has 0 bridgehead atoms. The predicted octanol–water partition coefficient (Wildman–Crippen LogP) is -1.41. The van der Waals surface area contributed by atoms with Crippen LogP contribution in [0.1, 0.15) is 5.56 Å². The van der Waals surface area contributed by atoms with Crippen LogP contribution >= 0.6 is 0 Å². The van der Waals surface area contributed by atoms with Gasteiger partial charge < -0.3 is 29.3 Å². The molecule has 1 aromatic carbocycles. The van der Waals surface area contributed by atoms with Crippen LogP contribution in [0.15, 0.2) is 23.8 Å². The number of carboxylic acids is 2. The number of methoxy groups -OCH3 is 2.